The Morgan fingerprint density at radius 2 is 1.56 bits per heavy atom. The molecule has 1 fully saturated rings. The van der Waals surface area contributed by atoms with Crippen LogP contribution in [0.1, 0.15) is 24.8 Å². The SMILES string of the molecule is FC(F)(F)Oc1ccc(CCC2CCN(c3ccccc3)CC2)cc1. The Labute approximate surface area is 146 Å². The van der Waals surface area contributed by atoms with E-state index in [1.807, 2.05) is 6.07 Å². The Kier molecular flexibility index (Phi) is 5.51. The van der Waals surface area contributed by atoms with Crippen LogP contribution in [0, 0.1) is 5.92 Å². The van der Waals surface area contributed by atoms with E-state index in [1.165, 1.54) is 17.8 Å². The number of rotatable bonds is 5. The summed E-state index contributed by atoms with van der Waals surface area (Å²) in [4.78, 5) is 2.42. The monoisotopic (exact) mass is 349 g/mol. The van der Waals surface area contributed by atoms with Crippen LogP contribution in [-0.2, 0) is 6.42 Å². The Morgan fingerprint density at radius 1 is 0.920 bits per heavy atom. The number of hydrogen-bond acceptors (Lipinski definition) is 2. The van der Waals surface area contributed by atoms with E-state index in [1.54, 1.807) is 12.1 Å². The second kappa shape index (κ2) is 7.81. The number of aryl methyl sites for hydroxylation is 1. The molecule has 2 nitrogen and oxygen atoms in total. The standard InChI is InChI=1S/C20H22F3NO/c21-20(22,23)25-19-10-8-16(9-11-19)6-7-17-12-14-24(15-13-17)18-4-2-1-3-5-18/h1-5,8-11,17H,6-7,12-15H2. The first-order valence-electron chi connectivity index (χ1n) is 8.64. The summed E-state index contributed by atoms with van der Waals surface area (Å²) in [7, 11) is 0. The number of benzene rings is 2. The summed E-state index contributed by atoms with van der Waals surface area (Å²) in [5.41, 5.74) is 2.33. The van der Waals surface area contributed by atoms with Crippen LogP contribution in [0.4, 0.5) is 18.9 Å². The van der Waals surface area contributed by atoms with Crippen molar-refractivity contribution in [1.29, 1.82) is 0 Å². The van der Waals surface area contributed by atoms with Crippen LogP contribution in [0.15, 0.2) is 54.6 Å². The molecule has 0 spiro atoms. The highest BCUT2D eigenvalue weighted by Gasteiger charge is 2.30. The lowest BCUT2D eigenvalue weighted by molar-refractivity contribution is -0.274. The summed E-state index contributed by atoms with van der Waals surface area (Å²) in [5.74, 6) is 0.512. The first kappa shape index (κ1) is 17.6. The molecular formula is C20H22F3NO. The fourth-order valence-electron chi connectivity index (χ4n) is 3.35. The van der Waals surface area contributed by atoms with Gasteiger partial charge in [-0.2, -0.15) is 0 Å². The molecule has 134 valence electrons. The first-order valence-corrected chi connectivity index (χ1v) is 8.64. The number of para-hydroxylation sites is 1. The van der Waals surface area contributed by atoms with E-state index in [-0.39, 0.29) is 5.75 Å². The van der Waals surface area contributed by atoms with Gasteiger partial charge in [0, 0.05) is 18.8 Å². The summed E-state index contributed by atoms with van der Waals surface area (Å²) >= 11 is 0. The molecule has 0 radical (unpaired) electrons. The Hall–Kier alpha value is -2.17. The highest BCUT2D eigenvalue weighted by molar-refractivity contribution is 5.46. The van der Waals surface area contributed by atoms with Crippen molar-refractivity contribution in [2.24, 2.45) is 5.92 Å². The number of hydrogen-bond donors (Lipinski definition) is 0. The zero-order valence-corrected chi connectivity index (χ0v) is 14.0. The molecule has 0 bridgehead atoms. The van der Waals surface area contributed by atoms with Crippen molar-refractivity contribution in [3.63, 3.8) is 0 Å². The van der Waals surface area contributed by atoms with Crippen LogP contribution in [0.2, 0.25) is 0 Å². The third-order valence-electron chi connectivity index (χ3n) is 4.73. The molecule has 1 saturated heterocycles. The maximum Gasteiger partial charge on any atom is 0.573 e. The van der Waals surface area contributed by atoms with Crippen molar-refractivity contribution in [2.75, 3.05) is 18.0 Å². The lowest BCUT2D eigenvalue weighted by atomic mass is 9.90. The van der Waals surface area contributed by atoms with Crippen molar-refractivity contribution in [3.8, 4) is 5.75 Å². The zero-order chi connectivity index (χ0) is 17.7. The smallest absolute Gasteiger partial charge is 0.406 e. The van der Waals surface area contributed by atoms with Crippen LogP contribution in [0.5, 0.6) is 5.75 Å². The Morgan fingerprint density at radius 3 is 2.16 bits per heavy atom. The minimum atomic E-state index is -4.63. The molecule has 0 unspecified atom stereocenters. The van der Waals surface area contributed by atoms with Gasteiger partial charge in [-0.05, 0) is 61.4 Å². The quantitative estimate of drug-likeness (QED) is 0.713. The lowest BCUT2D eigenvalue weighted by Crippen LogP contribution is -2.33. The summed E-state index contributed by atoms with van der Waals surface area (Å²) < 4.78 is 40.4. The van der Waals surface area contributed by atoms with E-state index in [2.05, 4.69) is 33.9 Å². The predicted octanol–water partition coefficient (Wildman–Crippen LogP) is 5.43. The van der Waals surface area contributed by atoms with E-state index < -0.39 is 6.36 Å². The fourth-order valence-corrected chi connectivity index (χ4v) is 3.35. The van der Waals surface area contributed by atoms with Gasteiger partial charge in [0.2, 0.25) is 0 Å². The van der Waals surface area contributed by atoms with Crippen molar-refractivity contribution in [3.05, 3.63) is 60.2 Å². The zero-order valence-electron chi connectivity index (χ0n) is 14.0. The molecule has 0 N–H and O–H groups in total. The molecule has 0 atom stereocenters. The molecule has 25 heavy (non-hydrogen) atoms. The number of alkyl halides is 3. The number of halogens is 3. The molecule has 1 aliphatic rings. The predicted molar refractivity (Wildman–Crippen MR) is 92.8 cm³/mol. The van der Waals surface area contributed by atoms with Crippen molar-refractivity contribution < 1.29 is 17.9 Å². The summed E-state index contributed by atoms with van der Waals surface area (Å²) in [6, 6.07) is 16.7. The van der Waals surface area contributed by atoms with E-state index in [4.69, 9.17) is 0 Å². The Balaban J connectivity index is 1.44. The number of nitrogens with zero attached hydrogens (tertiary/aromatic N) is 1. The van der Waals surface area contributed by atoms with Gasteiger partial charge in [0.15, 0.2) is 0 Å². The molecule has 1 aliphatic heterocycles. The highest BCUT2D eigenvalue weighted by Crippen LogP contribution is 2.27. The minimum absolute atomic E-state index is 0.160. The van der Waals surface area contributed by atoms with Gasteiger partial charge in [0.25, 0.3) is 0 Å². The van der Waals surface area contributed by atoms with E-state index in [0.717, 1.165) is 44.3 Å². The number of ether oxygens (including phenoxy) is 1. The van der Waals surface area contributed by atoms with Crippen molar-refractivity contribution in [2.45, 2.75) is 32.0 Å². The van der Waals surface area contributed by atoms with Crippen LogP contribution in [0.3, 0.4) is 0 Å². The third kappa shape index (κ3) is 5.41. The molecule has 2 aromatic carbocycles. The van der Waals surface area contributed by atoms with Crippen LogP contribution in [0.25, 0.3) is 0 Å². The number of piperidine rings is 1. The maximum atomic E-state index is 12.2. The molecule has 1 heterocycles. The largest absolute Gasteiger partial charge is 0.573 e. The molecule has 0 saturated carbocycles. The molecule has 0 amide bonds. The lowest BCUT2D eigenvalue weighted by Gasteiger charge is -2.33. The van der Waals surface area contributed by atoms with Gasteiger partial charge in [0.1, 0.15) is 5.75 Å². The summed E-state index contributed by atoms with van der Waals surface area (Å²) in [6.07, 6.45) is -0.354. The van der Waals surface area contributed by atoms with Crippen LogP contribution < -0.4 is 9.64 Å². The topological polar surface area (TPSA) is 12.5 Å². The van der Waals surface area contributed by atoms with Crippen LogP contribution >= 0.6 is 0 Å². The first-order chi connectivity index (χ1) is 12.0. The number of anilines is 1. The highest BCUT2D eigenvalue weighted by atomic mass is 19.4. The van der Waals surface area contributed by atoms with Gasteiger partial charge in [-0.1, -0.05) is 30.3 Å². The second-order valence-corrected chi connectivity index (χ2v) is 6.50. The fraction of sp³-hybridized carbons (Fsp3) is 0.400. The normalized spacial score (nSPS) is 16.0. The van der Waals surface area contributed by atoms with Crippen molar-refractivity contribution in [1.82, 2.24) is 0 Å². The van der Waals surface area contributed by atoms with Gasteiger partial charge in [-0.15, -0.1) is 13.2 Å². The van der Waals surface area contributed by atoms with Gasteiger partial charge in [-0.3, -0.25) is 0 Å². The van der Waals surface area contributed by atoms with Gasteiger partial charge in [-0.25, -0.2) is 0 Å². The molecule has 0 aromatic heterocycles. The van der Waals surface area contributed by atoms with Crippen molar-refractivity contribution >= 4 is 5.69 Å². The van der Waals surface area contributed by atoms with Gasteiger partial charge >= 0.3 is 6.36 Å². The van der Waals surface area contributed by atoms with E-state index in [9.17, 15) is 13.2 Å². The molecule has 5 heteroatoms. The summed E-state index contributed by atoms with van der Waals surface area (Å²) in [5, 5.41) is 0. The Bertz CT molecular complexity index is 647. The van der Waals surface area contributed by atoms with Crippen LogP contribution in [-0.4, -0.2) is 19.5 Å². The molecule has 3 rings (SSSR count). The summed E-state index contributed by atoms with van der Waals surface area (Å²) in [6.45, 7) is 2.13. The third-order valence-corrected chi connectivity index (χ3v) is 4.73. The average Bonchev–Trinajstić information content (AvgIpc) is 2.61. The van der Waals surface area contributed by atoms with E-state index in [0.29, 0.717) is 5.92 Å². The minimum Gasteiger partial charge on any atom is -0.406 e. The second-order valence-electron chi connectivity index (χ2n) is 6.50. The maximum absolute atomic E-state index is 12.2. The van der Waals surface area contributed by atoms with Gasteiger partial charge < -0.3 is 9.64 Å². The van der Waals surface area contributed by atoms with E-state index >= 15 is 0 Å². The molecular weight excluding hydrogens is 327 g/mol. The molecule has 2 aromatic rings. The molecule has 0 aliphatic carbocycles. The van der Waals surface area contributed by atoms with Gasteiger partial charge in [0.05, 0.1) is 0 Å². The average molecular weight is 349 g/mol.